The summed E-state index contributed by atoms with van der Waals surface area (Å²) in [7, 11) is 0. The van der Waals surface area contributed by atoms with Gasteiger partial charge in [-0.25, -0.2) is 4.98 Å². The van der Waals surface area contributed by atoms with Crippen molar-refractivity contribution in [3.63, 3.8) is 0 Å². The Morgan fingerprint density at radius 1 is 1.25 bits per heavy atom. The molecule has 0 aliphatic carbocycles. The second-order valence-electron chi connectivity index (χ2n) is 5.51. The largest absolute Gasteiger partial charge is 0.396 e. The van der Waals surface area contributed by atoms with Gasteiger partial charge in [0.2, 0.25) is 5.95 Å². The maximum Gasteiger partial charge on any atom is 0.223 e. The first-order valence-electron chi connectivity index (χ1n) is 8.17. The van der Waals surface area contributed by atoms with Gasteiger partial charge in [-0.2, -0.15) is 4.98 Å². The highest BCUT2D eigenvalue weighted by atomic mass is 35.5. The first kappa shape index (κ1) is 25.1. The van der Waals surface area contributed by atoms with E-state index in [9.17, 15) is 0 Å². The molecule has 1 atom stereocenters. The van der Waals surface area contributed by atoms with Crippen molar-refractivity contribution < 1.29 is 15.3 Å². The number of aromatic nitrogens is 2. The topological polar surface area (TPSA) is 125 Å². The van der Waals surface area contributed by atoms with Crippen molar-refractivity contribution in [3.8, 4) is 0 Å². The lowest BCUT2D eigenvalue weighted by Gasteiger charge is -2.13. The Morgan fingerprint density at radius 2 is 1.75 bits per heavy atom. The molecule has 1 heterocycles. The van der Waals surface area contributed by atoms with E-state index in [2.05, 4.69) is 22.2 Å². The van der Waals surface area contributed by atoms with Gasteiger partial charge in [0.1, 0.15) is 11.0 Å². The first-order valence-corrected chi connectivity index (χ1v) is 8.55. The summed E-state index contributed by atoms with van der Waals surface area (Å²) in [4.78, 5) is 7.95. The zero-order valence-electron chi connectivity index (χ0n) is 15.6. The molecule has 0 amide bonds. The minimum atomic E-state index is -1.50. The molecule has 1 unspecified atom stereocenters. The maximum atomic E-state index is 9.07. The highest BCUT2D eigenvalue weighted by molar-refractivity contribution is 6.30. The Labute approximate surface area is 150 Å². The molecule has 6 N–H and O–H groups in total. The lowest BCUT2D eigenvalue weighted by Crippen LogP contribution is -2.15. The molecule has 1 aromatic rings. The van der Waals surface area contributed by atoms with Crippen LogP contribution in [-0.4, -0.2) is 44.2 Å². The molecule has 8 heteroatoms. The zero-order chi connectivity index (χ0) is 19.3. The standard InChI is InChI=1S/C11H19ClN4O.C3H8O2.C2H6/c1-3-8(6-17)4-5-14-10-7(2)9(12)15-11(13)16-10;1-3(2,4)5;1-2/h8,17H,3-6H2,1-2H3,(H3,13,14,15,16);4-5H,1-2H3;1-2H3. The van der Waals surface area contributed by atoms with Crippen LogP contribution < -0.4 is 11.1 Å². The lowest BCUT2D eigenvalue weighted by molar-refractivity contribution is -0.127. The molecule has 1 rings (SSSR count). The number of nitrogens with two attached hydrogens (primary N) is 1. The van der Waals surface area contributed by atoms with E-state index in [4.69, 9.17) is 32.7 Å². The summed E-state index contributed by atoms with van der Waals surface area (Å²) in [5, 5.41) is 28.8. The van der Waals surface area contributed by atoms with Crippen LogP contribution in [0.25, 0.3) is 0 Å². The van der Waals surface area contributed by atoms with Gasteiger partial charge in [-0.15, -0.1) is 0 Å². The fourth-order valence-electron chi connectivity index (χ4n) is 1.50. The summed E-state index contributed by atoms with van der Waals surface area (Å²) in [6.07, 6.45) is 1.85. The van der Waals surface area contributed by atoms with E-state index in [-0.39, 0.29) is 12.6 Å². The predicted octanol–water partition coefficient (Wildman–Crippen LogP) is 2.57. The summed E-state index contributed by atoms with van der Waals surface area (Å²) in [5.74, 6) is -0.356. The van der Waals surface area contributed by atoms with Gasteiger partial charge >= 0.3 is 0 Å². The average Bonchev–Trinajstić information content (AvgIpc) is 2.48. The van der Waals surface area contributed by atoms with Gasteiger partial charge in [-0.1, -0.05) is 38.8 Å². The molecule has 0 aliphatic heterocycles. The SMILES string of the molecule is CC.CC(C)(O)O.CCC(CO)CCNc1nc(N)nc(Cl)c1C. The molecule has 0 saturated heterocycles. The molecule has 1 aromatic heterocycles. The third-order valence-corrected chi connectivity index (χ3v) is 3.15. The van der Waals surface area contributed by atoms with Crippen LogP contribution in [0.2, 0.25) is 5.15 Å². The van der Waals surface area contributed by atoms with Crippen LogP contribution in [0.15, 0.2) is 0 Å². The molecule has 0 radical (unpaired) electrons. The number of aliphatic hydroxyl groups excluding tert-OH is 1. The van der Waals surface area contributed by atoms with E-state index >= 15 is 0 Å². The van der Waals surface area contributed by atoms with Crippen molar-refractivity contribution in [2.45, 2.75) is 60.2 Å². The monoisotopic (exact) mass is 364 g/mol. The van der Waals surface area contributed by atoms with Gasteiger partial charge < -0.3 is 26.4 Å². The number of anilines is 2. The Hall–Kier alpha value is -1.15. The lowest BCUT2D eigenvalue weighted by atomic mass is 10.0. The minimum absolute atomic E-state index is 0.164. The molecule has 7 nitrogen and oxygen atoms in total. The number of nitrogens with one attached hydrogen (secondary N) is 1. The van der Waals surface area contributed by atoms with E-state index in [1.807, 2.05) is 20.8 Å². The molecule has 0 saturated carbocycles. The molecule has 0 spiro atoms. The predicted molar refractivity (Wildman–Crippen MR) is 100 cm³/mol. The normalized spacial score (nSPS) is 11.6. The van der Waals surface area contributed by atoms with Crippen LogP contribution in [0.5, 0.6) is 0 Å². The van der Waals surface area contributed by atoms with Gasteiger partial charge in [0.25, 0.3) is 0 Å². The van der Waals surface area contributed by atoms with E-state index in [0.29, 0.717) is 16.9 Å². The van der Waals surface area contributed by atoms with Crippen LogP contribution in [0.3, 0.4) is 0 Å². The smallest absolute Gasteiger partial charge is 0.223 e. The number of nitrogens with zero attached hydrogens (tertiary/aromatic N) is 2. The first-order chi connectivity index (χ1) is 11.1. The Balaban J connectivity index is 0. The number of nitrogen functional groups attached to an aromatic ring is 1. The number of halogens is 1. The van der Waals surface area contributed by atoms with E-state index in [1.165, 1.54) is 13.8 Å². The second kappa shape index (κ2) is 13.2. The van der Waals surface area contributed by atoms with Crippen LogP contribution in [0.1, 0.15) is 53.0 Å². The van der Waals surface area contributed by atoms with Gasteiger partial charge in [0.15, 0.2) is 5.79 Å². The van der Waals surface area contributed by atoms with Crippen molar-refractivity contribution in [2.75, 3.05) is 24.2 Å². The number of hydrogen-bond acceptors (Lipinski definition) is 7. The van der Waals surface area contributed by atoms with Gasteiger partial charge in [-0.05, 0) is 33.1 Å². The average molecular weight is 365 g/mol. The highest BCUT2D eigenvalue weighted by Crippen LogP contribution is 2.20. The van der Waals surface area contributed by atoms with Crippen molar-refractivity contribution in [1.82, 2.24) is 9.97 Å². The van der Waals surface area contributed by atoms with Crippen molar-refractivity contribution in [1.29, 1.82) is 0 Å². The maximum absolute atomic E-state index is 9.07. The molecule has 142 valence electrons. The Morgan fingerprint density at radius 3 is 2.17 bits per heavy atom. The van der Waals surface area contributed by atoms with Crippen molar-refractivity contribution in [2.24, 2.45) is 5.92 Å². The van der Waals surface area contributed by atoms with E-state index < -0.39 is 5.79 Å². The number of aliphatic hydroxyl groups is 3. The molecular weight excluding hydrogens is 332 g/mol. The number of hydrogen-bond donors (Lipinski definition) is 5. The van der Waals surface area contributed by atoms with Crippen LogP contribution >= 0.6 is 11.6 Å². The van der Waals surface area contributed by atoms with Crippen LogP contribution in [0.4, 0.5) is 11.8 Å². The Kier molecular flexibility index (Phi) is 13.8. The summed E-state index contributed by atoms with van der Waals surface area (Å²) in [6, 6.07) is 0. The fraction of sp³-hybridized carbons (Fsp3) is 0.750. The Bertz CT molecular complexity index is 444. The van der Waals surface area contributed by atoms with Gasteiger partial charge in [-0.3, -0.25) is 0 Å². The van der Waals surface area contributed by atoms with Gasteiger partial charge in [0, 0.05) is 18.7 Å². The fourth-order valence-corrected chi connectivity index (χ4v) is 1.67. The third-order valence-electron chi connectivity index (χ3n) is 2.78. The van der Waals surface area contributed by atoms with Crippen LogP contribution in [-0.2, 0) is 0 Å². The van der Waals surface area contributed by atoms with E-state index in [0.717, 1.165) is 24.9 Å². The summed E-state index contributed by atoms with van der Waals surface area (Å²) in [6.45, 7) is 11.4. The molecule has 0 bridgehead atoms. The molecule has 0 fully saturated rings. The minimum Gasteiger partial charge on any atom is -0.396 e. The second-order valence-corrected chi connectivity index (χ2v) is 5.87. The van der Waals surface area contributed by atoms with Gasteiger partial charge in [0.05, 0.1) is 0 Å². The number of rotatable bonds is 6. The molecule has 0 aliphatic rings. The van der Waals surface area contributed by atoms with E-state index in [1.54, 1.807) is 0 Å². The molecule has 24 heavy (non-hydrogen) atoms. The quantitative estimate of drug-likeness (QED) is 0.388. The molecule has 0 aromatic carbocycles. The van der Waals surface area contributed by atoms with Crippen molar-refractivity contribution in [3.05, 3.63) is 10.7 Å². The zero-order valence-corrected chi connectivity index (χ0v) is 16.4. The highest BCUT2D eigenvalue weighted by Gasteiger charge is 2.09. The third kappa shape index (κ3) is 13.3. The summed E-state index contributed by atoms with van der Waals surface area (Å²) >= 11 is 5.90. The summed E-state index contributed by atoms with van der Waals surface area (Å²) in [5.41, 5.74) is 6.32. The van der Waals surface area contributed by atoms with Crippen LogP contribution in [0, 0.1) is 12.8 Å². The summed E-state index contributed by atoms with van der Waals surface area (Å²) < 4.78 is 0. The van der Waals surface area contributed by atoms with Crippen molar-refractivity contribution >= 4 is 23.4 Å². The molecular formula is C16H33ClN4O3.